The lowest BCUT2D eigenvalue weighted by Gasteiger charge is -2.26. The molecule has 3 aromatic rings. The number of nitrogens with zero attached hydrogens (tertiary/aromatic N) is 1. The number of rotatable bonds is 10. The van der Waals surface area contributed by atoms with E-state index in [0.717, 1.165) is 9.87 Å². The van der Waals surface area contributed by atoms with Crippen LogP contribution in [0.15, 0.2) is 71.6 Å². The molecule has 0 aliphatic rings. The van der Waals surface area contributed by atoms with Crippen LogP contribution in [0.5, 0.6) is 17.2 Å². The third-order valence-electron chi connectivity index (χ3n) is 5.01. The Morgan fingerprint density at radius 2 is 1.65 bits per heavy atom. The number of amides is 1. The van der Waals surface area contributed by atoms with Crippen molar-refractivity contribution in [2.24, 2.45) is 0 Å². The van der Waals surface area contributed by atoms with Crippen LogP contribution in [0.25, 0.3) is 0 Å². The van der Waals surface area contributed by atoms with Crippen molar-refractivity contribution < 1.29 is 27.4 Å². The SMILES string of the molecule is CCOc1ccccc1N(CC(=O)Nc1ccc(OC)cc1OC)S(=O)(=O)c1ccc(C)cc1. The fourth-order valence-corrected chi connectivity index (χ4v) is 4.73. The molecule has 180 valence electrons. The lowest BCUT2D eigenvalue weighted by molar-refractivity contribution is -0.114. The maximum atomic E-state index is 13.6. The molecule has 0 unspecified atom stereocenters. The molecule has 34 heavy (non-hydrogen) atoms. The molecule has 0 bridgehead atoms. The number of hydrogen-bond acceptors (Lipinski definition) is 6. The van der Waals surface area contributed by atoms with Crippen molar-refractivity contribution in [3.05, 3.63) is 72.3 Å². The van der Waals surface area contributed by atoms with Crippen molar-refractivity contribution in [1.29, 1.82) is 0 Å². The average molecular weight is 485 g/mol. The van der Waals surface area contributed by atoms with Gasteiger partial charge in [-0.2, -0.15) is 0 Å². The Morgan fingerprint density at radius 3 is 2.29 bits per heavy atom. The number of carbonyl (C=O) groups excluding carboxylic acids is 1. The Kier molecular flexibility index (Phi) is 8.01. The van der Waals surface area contributed by atoms with Crippen LogP contribution >= 0.6 is 0 Å². The number of hydrogen-bond donors (Lipinski definition) is 1. The highest BCUT2D eigenvalue weighted by molar-refractivity contribution is 7.92. The van der Waals surface area contributed by atoms with Crippen molar-refractivity contribution >= 4 is 27.3 Å². The summed E-state index contributed by atoms with van der Waals surface area (Å²) in [5.74, 6) is 0.750. The number of anilines is 2. The first kappa shape index (κ1) is 24.9. The molecule has 9 heteroatoms. The highest BCUT2D eigenvalue weighted by Gasteiger charge is 2.29. The second kappa shape index (κ2) is 10.9. The Hall–Kier alpha value is -3.72. The Morgan fingerprint density at radius 1 is 0.941 bits per heavy atom. The third kappa shape index (κ3) is 5.60. The quantitative estimate of drug-likeness (QED) is 0.463. The maximum absolute atomic E-state index is 13.6. The highest BCUT2D eigenvalue weighted by Crippen LogP contribution is 2.33. The minimum absolute atomic E-state index is 0.0687. The van der Waals surface area contributed by atoms with Crippen molar-refractivity contribution in [3.8, 4) is 17.2 Å². The van der Waals surface area contributed by atoms with Gasteiger partial charge in [0.15, 0.2) is 0 Å². The van der Waals surface area contributed by atoms with Crippen LogP contribution in [-0.2, 0) is 14.8 Å². The molecule has 0 aliphatic heterocycles. The van der Waals surface area contributed by atoms with E-state index in [1.54, 1.807) is 61.5 Å². The minimum Gasteiger partial charge on any atom is -0.497 e. The van der Waals surface area contributed by atoms with Gasteiger partial charge in [0.1, 0.15) is 23.8 Å². The second-order valence-corrected chi connectivity index (χ2v) is 9.20. The van der Waals surface area contributed by atoms with Crippen LogP contribution in [0.3, 0.4) is 0 Å². The van der Waals surface area contributed by atoms with Crippen LogP contribution < -0.4 is 23.8 Å². The molecule has 0 spiro atoms. The van der Waals surface area contributed by atoms with E-state index >= 15 is 0 Å². The van der Waals surface area contributed by atoms with E-state index in [9.17, 15) is 13.2 Å². The molecule has 3 aromatic carbocycles. The van der Waals surface area contributed by atoms with Crippen molar-refractivity contribution in [2.45, 2.75) is 18.7 Å². The van der Waals surface area contributed by atoms with Gasteiger partial charge in [-0.15, -0.1) is 0 Å². The summed E-state index contributed by atoms with van der Waals surface area (Å²) < 4.78 is 44.5. The summed E-state index contributed by atoms with van der Waals surface area (Å²) in [6.07, 6.45) is 0. The van der Waals surface area contributed by atoms with Gasteiger partial charge in [0.2, 0.25) is 5.91 Å². The van der Waals surface area contributed by atoms with Gasteiger partial charge in [-0.25, -0.2) is 8.42 Å². The van der Waals surface area contributed by atoms with Crippen LogP contribution in [0.4, 0.5) is 11.4 Å². The van der Waals surface area contributed by atoms with Crippen LogP contribution in [0.1, 0.15) is 12.5 Å². The van der Waals surface area contributed by atoms with Crippen LogP contribution in [0, 0.1) is 6.92 Å². The van der Waals surface area contributed by atoms with Gasteiger partial charge in [0.25, 0.3) is 10.0 Å². The van der Waals surface area contributed by atoms with Crippen molar-refractivity contribution in [3.63, 3.8) is 0 Å². The second-order valence-electron chi connectivity index (χ2n) is 7.34. The zero-order chi connectivity index (χ0) is 24.7. The number of ether oxygens (including phenoxy) is 3. The Bertz CT molecular complexity index is 1240. The predicted octanol–water partition coefficient (Wildman–Crippen LogP) is 4.24. The van der Waals surface area contributed by atoms with Gasteiger partial charge >= 0.3 is 0 Å². The third-order valence-corrected chi connectivity index (χ3v) is 6.79. The molecule has 1 N–H and O–H groups in total. The maximum Gasteiger partial charge on any atom is 0.264 e. The molecule has 0 radical (unpaired) electrons. The largest absolute Gasteiger partial charge is 0.497 e. The molecule has 1 amide bonds. The summed E-state index contributed by atoms with van der Waals surface area (Å²) in [5.41, 5.74) is 1.57. The average Bonchev–Trinajstić information content (AvgIpc) is 2.83. The van der Waals surface area contributed by atoms with Crippen molar-refractivity contribution in [2.75, 3.05) is 37.0 Å². The van der Waals surface area contributed by atoms with E-state index in [1.165, 1.54) is 26.4 Å². The van der Waals surface area contributed by atoms with E-state index < -0.39 is 22.5 Å². The fourth-order valence-electron chi connectivity index (χ4n) is 3.30. The number of sulfonamides is 1. The summed E-state index contributed by atoms with van der Waals surface area (Å²) in [6.45, 7) is 3.53. The topological polar surface area (TPSA) is 94.2 Å². The fraction of sp³-hybridized carbons (Fsp3) is 0.240. The number of carbonyl (C=O) groups is 1. The van der Waals surface area contributed by atoms with E-state index in [4.69, 9.17) is 14.2 Å². The van der Waals surface area contributed by atoms with Gasteiger partial charge in [-0.3, -0.25) is 9.10 Å². The van der Waals surface area contributed by atoms with E-state index in [2.05, 4.69) is 5.32 Å². The number of nitrogens with one attached hydrogen (secondary N) is 1. The lowest BCUT2D eigenvalue weighted by Crippen LogP contribution is -2.38. The predicted molar refractivity (Wildman–Crippen MR) is 131 cm³/mol. The van der Waals surface area contributed by atoms with E-state index in [0.29, 0.717) is 29.5 Å². The smallest absolute Gasteiger partial charge is 0.264 e. The molecule has 0 aliphatic carbocycles. The number of para-hydroxylation sites is 2. The highest BCUT2D eigenvalue weighted by atomic mass is 32.2. The first-order valence-electron chi connectivity index (χ1n) is 10.6. The standard InChI is InChI=1S/C25H28N2O6S/c1-5-33-23-9-7-6-8-22(23)27(34(29,30)20-13-10-18(2)11-14-20)17-25(28)26-21-15-12-19(31-3)16-24(21)32-4/h6-16H,5,17H2,1-4H3,(H,26,28). The first-order chi connectivity index (χ1) is 16.3. The number of aryl methyl sites for hydroxylation is 1. The summed E-state index contributed by atoms with van der Waals surface area (Å²) >= 11 is 0. The molecule has 8 nitrogen and oxygen atoms in total. The molecular formula is C25H28N2O6S. The van der Waals surface area contributed by atoms with E-state index in [1.807, 2.05) is 6.92 Å². The molecule has 0 saturated heterocycles. The normalized spacial score (nSPS) is 10.9. The lowest BCUT2D eigenvalue weighted by atomic mass is 10.2. The summed E-state index contributed by atoms with van der Waals surface area (Å²) in [4.78, 5) is 13.1. The number of benzene rings is 3. The summed E-state index contributed by atoms with van der Waals surface area (Å²) in [5, 5.41) is 2.73. The van der Waals surface area contributed by atoms with Gasteiger partial charge < -0.3 is 19.5 Å². The zero-order valence-corrected chi connectivity index (χ0v) is 20.4. The molecule has 0 atom stereocenters. The minimum atomic E-state index is -4.08. The molecule has 0 heterocycles. The molecule has 0 saturated carbocycles. The monoisotopic (exact) mass is 484 g/mol. The first-order valence-corrected chi connectivity index (χ1v) is 12.1. The van der Waals surface area contributed by atoms with Gasteiger partial charge in [-0.1, -0.05) is 29.8 Å². The summed E-state index contributed by atoms with van der Waals surface area (Å²) in [6, 6.07) is 18.1. The van der Waals surface area contributed by atoms with Crippen LogP contribution in [0.2, 0.25) is 0 Å². The van der Waals surface area contributed by atoms with Gasteiger partial charge in [-0.05, 0) is 50.2 Å². The van der Waals surface area contributed by atoms with E-state index in [-0.39, 0.29) is 10.6 Å². The molecular weight excluding hydrogens is 456 g/mol. The molecule has 3 rings (SSSR count). The summed E-state index contributed by atoms with van der Waals surface area (Å²) in [7, 11) is -1.09. The van der Waals surface area contributed by atoms with Gasteiger partial charge in [0, 0.05) is 6.07 Å². The Balaban J connectivity index is 2.00. The zero-order valence-electron chi connectivity index (χ0n) is 19.6. The molecule has 0 aromatic heterocycles. The van der Waals surface area contributed by atoms with Crippen molar-refractivity contribution in [1.82, 2.24) is 0 Å². The molecule has 0 fully saturated rings. The van der Waals surface area contributed by atoms with Crippen LogP contribution in [-0.4, -0.2) is 41.7 Å². The van der Waals surface area contributed by atoms with Gasteiger partial charge in [0.05, 0.1) is 37.1 Å². The Labute approximate surface area is 200 Å². The number of methoxy groups -OCH3 is 2.